The van der Waals surface area contributed by atoms with Crippen LogP contribution >= 0.6 is 23.2 Å². The molecule has 0 aromatic carbocycles. The fraction of sp³-hybridized carbons (Fsp3) is 0.333. The molecule has 2 heterocycles. The monoisotopic (exact) mass is 454 g/mol. The molecule has 0 saturated heterocycles. The predicted octanol–water partition coefficient (Wildman–Crippen LogP) is 1.58. The van der Waals surface area contributed by atoms with Crippen LogP contribution in [0, 0.1) is 0 Å². The Balaban J connectivity index is -0.000000436. The molecule has 0 radical (unpaired) electrons. The van der Waals surface area contributed by atoms with Crippen molar-refractivity contribution < 1.29 is 23.0 Å². The minimum absolute atomic E-state index is 0. The molecular weight excluding hydrogens is 427 g/mol. The summed E-state index contributed by atoms with van der Waals surface area (Å²) in [4.78, 5) is 38.0. The number of carbonyl (C=O) groups excluding carboxylic acids is 1. The molecule has 0 aliphatic rings. The van der Waals surface area contributed by atoms with Crippen molar-refractivity contribution in [2.75, 3.05) is 25.1 Å². The first-order chi connectivity index (χ1) is 14.1. The van der Waals surface area contributed by atoms with Gasteiger partial charge in [0, 0.05) is 25.7 Å². The molecule has 0 saturated carbocycles. The molecule has 14 heteroatoms. The lowest BCUT2D eigenvalue weighted by Gasteiger charge is -2.14. The zero-order valence-electron chi connectivity index (χ0n) is 17.0. The summed E-state index contributed by atoms with van der Waals surface area (Å²) < 4.78 is 10.0. The zero-order valence-corrected chi connectivity index (χ0v) is 16.5. The minimum atomic E-state index is -1.25. The predicted molar refractivity (Wildman–Crippen MR) is 112 cm³/mol. The maximum atomic E-state index is 11.7. The number of carboxylic acids is 1. The highest BCUT2D eigenvalue weighted by molar-refractivity contribution is 6.30. The second-order valence-corrected chi connectivity index (χ2v) is 5.68. The molecule has 2 aromatic rings. The fourth-order valence-electron chi connectivity index (χ4n) is 1.67. The number of hydrogen-bond donors (Lipinski definition) is 4. The van der Waals surface area contributed by atoms with E-state index in [1.54, 1.807) is 7.05 Å². The van der Waals surface area contributed by atoms with Gasteiger partial charge in [-0.05, 0) is 6.42 Å². The third kappa shape index (κ3) is 10.4. The van der Waals surface area contributed by atoms with E-state index in [4.69, 9.17) is 48.1 Å². The molecule has 0 bridgehead atoms. The van der Waals surface area contributed by atoms with Crippen LogP contribution in [0.4, 0.5) is 11.6 Å². The maximum Gasteiger partial charge on any atom is 0.374 e. The number of nitrogens with two attached hydrogens (primary N) is 2. The van der Waals surface area contributed by atoms with Crippen molar-refractivity contribution in [2.45, 2.75) is 20.8 Å². The molecule has 2 rings (SSSR count). The number of halogens is 2. The number of rotatable bonds is 4. The van der Waals surface area contributed by atoms with Gasteiger partial charge < -0.3 is 33.1 Å². The van der Waals surface area contributed by atoms with Crippen molar-refractivity contribution in [3.8, 4) is 0 Å². The Morgan fingerprint density at radius 1 is 1.14 bits per heavy atom. The first-order valence-corrected chi connectivity index (χ1v) is 7.98. The lowest BCUT2D eigenvalue weighted by molar-refractivity contribution is 0.0683. The number of carbonyl (C=O) groups is 2. The van der Waals surface area contributed by atoms with Crippen LogP contribution in [0.5, 0.6) is 0 Å². The molecule has 164 valence electrons. The Morgan fingerprint density at radius 2 is 1.55 bits per heavy atom. The van der Waals surface area contributed by atoms with Crippen LogP contribution in [0.2, 0.25) is 11.7 Å². The van der Waals surface area contributed by atoms with Crippen LogP contribution in [0.3, 0.4) is 0 Å². The van der Waals surface area contributed by atoms with Crippen LogP contribution in [0.15, 0.2) is 12.1 Å². The normalized spacial score (nSPS) is 9.31. The van der Waals surface area contributed by atoms with E-state index in [2.05, 4.69) is 26.1 Å². The van der Waals surface area contributed by atoms with Crippen LogP contribution in [-0.4, -0.2) is 60.9 Å². The Kier molecular flexibility index (Phi) is 12.9. The van der Waals surface area contributed by atoms with Crippen LogP contribution < -0.4 is 17.6 Å². The Morgan fingerprint density at radius 3 is 1.93 bits per heavy atom. The van der Waals surface area contributed by atoms with E-state index < -0.39 is 11.8 Å². The van der Waals surface area contributed by atoms with Gasteiger partial charge in [0.15, 0.2) is 0 Å². The van der Waals surface area contributed by atoms with Crippen LogP contribution in [-0.2, 0) is 0 Å². The van der Waals surface area contributed by atoms with Gasteiger partial charge in [0.05, 0.1) is 0 Å². The Labute approximate surface area is 181 Å². The van der Waals surface area contributed by atoms with E-state index in [-0.39, 0.29) is 41.1 Å². The van der Waals surface area contributed by atoms with Gasteiger partial charge in [-0.2, -0.15) is 0 Å². The lowest BCUT2D eigenvalue weighted by atomic mass is 10.4. The van der Waals surface area contributed by atoms with Crippen molar-refractivity contribution in [3.05, 3.63) is 34.1 Å². The lowest BCUT2D eigenvalue weighted by Crippen LogP contribution is -2.29. The summed E-state index contributed by atoms with van der Waals surface area (Å²) in [5.41, 5.74) is 16.9. The smallest absolute Gasteiger partial charge is 0.374 e. The number of anilines is 2. The van der Waals surface area contributed by atoms with Crippen molar-refractivity contribution in [1.82, 2.24) is 31.0 Å². The molecule has 0 aliphatic heterocycles. The third-order valence-corrected chi connectivity index (χ3v) is 3.10. The number of aromatic carboxylic acids is 1. The average Bonchev–Trinajstić information content (AvgIpc) is 2.69. The SMILES string of the molecule is C.CCCN(C)C(=O)c1nc(N)cc(Cl)n1.Nc1cc(Cl)nc(C(=O)O)n1.[2H]N.[2H]O. The molecule has 1 amide bonds. The zero-order chi connectivity index (χ0) is 23.9. The summed E-state index contributed by atoms with van der Waals surface area (Å²) in [6.07, 6.45) is 4.62. The van der Waals surface area contributed by atoms with E-state index in [9.17, 15) is 9.59 Å². The minimum Gasteiger partial charge on any atom is -0.475 e. The number of nitrogen functional groups attached to an aromatic ring is 2. The van der Waals surface area contributed by atoms with Crippen molar-refractivity contribution >= 4 is 46.7 Å². The van der Waals surface area contributed by atoms with Gasteiger partial charge in [-0.15, -0.1) is 0 Å². The second kappa shape index (κ2) is 14.2. The third-order valence-electron chi connectivity index (χ3n) is 2.72. The second-order valence-electron chi connectivity index (χ2n) is 4.91. The summed E-state index contributed by atoms with van der Waals surface area (Å²) >= 11 is 11.1. The van der Waals surface area contributed by atoms with Gasteiger partial charge in [0.25, 0.3) is 5.91 Å². The molecule has 0 spiro atoms. The number of aromatic nitrogens is 4. The van der Waals surface area contributed by atoms with Crippen molar-refractivity contribution in [3.63, 3.8) is 0 Å². The summed E-state index contributed by atoms with van der Waals surface area (Å²) in [5.74, 6) is -1.64. The number of nitrogens with zero attached hydrogens (tertiary/aromatic N) is 5. The summed E-state index contributed by atoms with van der Waals surface area (Å²) in [6, 6.07) is 2.67. The van der Waals surface area contributed by atoms with E-state index >= 15 is 0 Å². The highest BCUT2D eigenvalue weighted by atomic mass is 35.5. The summed E-state index contributed by atoms with van der Waals surface area (Å²) in [5, 5.41) is 8.59. The van der Waals surface area contributed by atoms with Gasteiger partial charge in [-0.1, -0.05) is 37.6 Å². The van der Waals surface area contributed by atoms with Gasteiger partial charge in [0.2, 0.25) is 13.1 Å². The fourth-order valence-corrected chi connectivity index (χ4v) is 2.05. The highest BCUT2D eigenvalue weighted by Crippen LogP contribution is 2.10. The van der Waals surface area contributed by atoms with E-state index in [0.29, 0.717) is 6.54 Å². The van der Waals surface area contributed by atoms with Gasteiger partial charge >= 0.3 is 5.97 Å². The van der Waals surface area contributed by atoms with Gasteiger partial charge in [0.1, 0.15) is 23.4 Å². The maximum absolute atomic E-state index is 11.7. The molecule has 10 N–H and O–H groups in total. The number of amides is 1. The summed E-state index contributed by atoms with van der Waals surface area (Å²) in [7, 11) is 1.69. The van der Waals surface area contributed by atoms with Crippen molar-refractivity contribution in [1.29, 1.82) is 0 Å². The van der Waals surface area contributed by atoms with Crippen LogP contribution in [0.25, 0.3) is 0 Å². The quantitative estimate of drug-likeness (QED) is 0.486. The first kappa shape index (κ1) is 26.2. The molecule has 0 atom stereocenters. The molecule has 29 heavy (non-hydrogen) atoms. The van der Waals surface area contributed by atoms with E-state index in [0.717, 1.165) is 6.42 Å². The number of carboxylic acid groups (broad SMARTS) is 1. The Hall–Kier alpha value is -2.80. The molecule has 0 unspecified atom stereocenters. The van der Waals surface area contributed by atoms with E-state index in [1.165, 1.54) is 17.0 Å². The molecular formula is C15H26Cl2N8O4. The highest BCUT2D eigenvalue weighted by Gasteiger charge is 2.15. The van der Waals surface area contributed by atoms with E-state index in [1.807, 2.05) is 6.92 Å². The molecule has 0 aliphatic carbocycles. The molecule has 2 aromatic heterocycles. The first-order valence-electron chi connectivity index (χ1n) is 8.25. The van der Waals surface area contributed by atoms with Crippen LogP contribution in [0.1, 0.15) is 43.4 Å². The number of hydrogen-bond acceptors (Lipinski definition) is 9. The summed E-state index contributed by atoms with van der Waals surface area (Å²) in [6.45, 7) is 2.63. The topological polar surface area (TPSA) is 228 Å². The standard InChI is InChI=1S/C9H13ClN4O.C5H4ClN3O2.CH4.H3N.H2O/c1-3-4-14(2)9(15)8-12-6(10)5-7(11)13-8;6-2-1-3(7)9-4(8-2)5(10)11;;;/h5H,3-4H2,1-2H3,(H2,11,12,13);1H,(H,10,11)(H2,7,8,9);1H4;1H3;1H2/i/hD2. The van der Waals surface area contributed by atoms with Crippen molar-refractivity contribution in [2.24, 2.45) is 0 Å². The van der Waals surface area contributed by atoms with Gasteiger partial charge in [-0.3, -0.25) is 4.79 Å². The molecule has 12 nitrogen and oxygen atoms in total. The molecule has 0 fully saturated rings. The average molecular weight is 455 g/mol. The van der Waals surface area contributed by atoms with Gasteiger partial charge in [-0.25, -0.2) is 24.7 Å². The largest absolute Gasteiger partial charge is 0.475 e. The Bertz CT molecular complexity index is 780.